The van der Waals surface area contributed by atoms with Crippen molar-refractivity contribution in [3.05, 3.63) is 71.8 Å². The lowest BCUT2D eigenvalue weighted by Crippen LogP contribution is -2.35. The average molecular weight is 575 g/mol. The first-order valence-electron chi connectivity index (χ1n) is 13.1. The Labute approximate surface area is 241 Å². The van der Waals surface area contributed by atoms with Crippen LogP contribution in [0, 0.1) is 5.41 Å². The topological polar surface area (TPSA) is 171 Å². The van der Waals surface area contributed by atoms with Gasteiger partial charge in [-0.25, -0.2) is 9.59 Å². The maximum absolute atomic E-state index is 11.2. The molecule has 2 unspecified atom stereocenters. The summed E-state index contributed by atoms with van der Waals surface area (Å²) < 4.78 is 9.91. The summed E-state index contributed by atoms with van der Waals surface area (Å²) in [5.74, 6) is -1.25. The molecule has 41 heavy (non-hydrogen) atoms. The molecule has 0 fully saturated rings. The van der Waals surface area contributed by atoms with Gasteiger partial charge in [0.25, 0.3) is 0 Å². The van der Waals surface area contributed by atoms with E-state index in [-0.39, 0.29) is 13.0 Å². The van der Waals surface area contributed by atoms with E-state index in [2.05, 4.69) is 0 Å². The van der Waals surface area contributed by atoms with E-state index in [1.165, 1.54) is 12.2 Å². The SMILES string of the molecule is CCCCC(CC)(CC(O)CO)C(=O)O.COc1ccc(C=CC(=O)O)cc1.COc1ccc(C=CC(=O)O)cc1. The molecule has 0 heterocycles. The molecular weight excluding hydrogens is 532 g/mol. The number of unbranched alkanes of at least 4 members (excludes halogenated alkanes) is 1. The number of carboxylic acids is 3. The number of carboxylic acid groups (broad SMARTS) is 3. The zero-order valence-corrected chi connectivity index (χ0v) is 24.0. The summed E-state index contributed by atoms with van der Waals surface area (Å²) in [4.78, 5) is 31.6. The molecule has 0 aliphatic rings. The molecule has 226 valence electrons. The Morgan fingerprint density at radius 3 is 1.49 bits per heavy atom. The van der Waals surface area contributed by atoms with Gasteiger partial charge in [0.05, 0.1) is 32.3 Å². The summed E-state index contributed by atoms with van der Waals surface area (Å²) in [5.41, 5.74) is 0.796. The first-order chi connectivity index (χ1) is 19.5. The normalized spacial score (nSPS) is 12.7. The average Bonchev–Trinajstić information content (AvgIpc) is 2.98. The first-order valence-corrected chi connectivity index (χ1v) is 13.1. The maximum Gasteiger partial charge on any atom is 0.328 e. The third-order valence-electron chi connectivity index (χ3n) is 6.04. The molecule has 5 N–H and O–H groups in total. The van der Waals surface area contributed by atoms with Gasteiger partial charge in [0.2, 0.25) is 0 Å². The van der Waals surface area contributed by atoms with Gasteiger partial charge in [-0.2, -0.15) is 0 Å². The van der Waals surface area contributed by atoms with Crippen molar-refractivity contribution in [3.8, 4) is 11.5 Å². The van der Waals surface area contributed by atoms with Crippen LogP contribution in [0.15, 0.2) is 60.7 Å². The molecule has 10 nitrogen and oxygen atoms in total. The van der Waals surface area contributed by atoms with Gasteiger partial charge in [-0.3, -0.25) is 4.79 Å². The largest absolute Gasteiger partial charge is 0.497 e. The van der Waals surface area contributed by atoms with Crippen molar-refractivity contribution < 1.29 is 49.4 Å². The number of rotatable bonds is 14. The molecule has 0 spiro atoms. The van der Waals surface area contributed by atoms with Crippen LogP contribution in [0.5, 0.6) is 11.5 Å². The van der Waals surface area contributed by atoms with E-state index < -0.39 is 29.4 Å². The van der Waals surface area contributed by atoms with Crippen molar-refractivity contribution in [2.75, 3.05) is 20.8 Å². The molecule has 0 aromatic heterocycles. The van der Waals surface area contributed by atoms with E-state index in [9.17, 15) is 24.6 Å². The lowest BCUT2D eigenvalue weighted by atomic mass is 9.76. The Bertz CT molecular complexity index is 1020. The molecule has 0 saturated carbocycles. The van der Waals surface area contributed by atoms with E-state index in [1.54, 1.807) is 62.8 Å². The number of aliphatic hydroxyl groups excluding tert-OH is 2. The van der Waals surface area contributed by atoms with Crippen molar-refractivity contribution in [1.82, 2.24) is 0 Å². The van der Waals surface area contributed by atoms with E-state index in [4.69, 9.17) is 24.8 Å². The van der Waals surface area contributed by atoms with Crippen molar-refractivity contribution in [3.63, 3.8) is 0 Å². The highest BCUT2D eigenvalue weighted by atomic mass is 16.5. The zero-order chi connectivity index (χ0) is 31.3. The summed E-state index contributed by atoms with van der Waals surface area (Å²) in [6, 6.07) is 14.3. The van der Waals surface area contributed by atoms with E-state index in [0.29, 0.717) is 12.8 Å². The number of methoxy groups -OCH3 is 2. The molecule has 0 bridgehead atoms. The van der Waals surface area contributed by atoms with Crippen LogP contribution in [0.4, 0.5) is 0 Å². The number of hydrogen-bond acceptors (Lipinski definition) is 7. The van der Waals surface area contributed by atoms with Crippen LogP contribution in [-0.2, 0) is 14.4 Å². The van der Waals surface area contributed by atoms with Crippen LogP contribution in [0.3, 0.4) is 0 Å². The number of ether oxygens (including phenoxy) is 2. The zero-order valence-electron chi connectivity index (χ0n) is 24.0. The van der Waals surface area contributed by atoms with Crippen molar-refractivity contribution >= 4 is 30.1 Å². The molecule has 0 saturated heterocycles. The van der Waals surface area contributed by atoms with E-state index in [0.717, 1.165) is 47.6 Å². The second-order valence-corrected chi connectivity index (χ2v) is 8.97. The Morgan fingerprint density at radius 1 is 0.805 bits per heavy atom. The van der Waals surface area contributed by atoms with Crippen molar-refractivity contribution in [2.45, 2.75) is 52.1 Å². The van der Waals surface area contributed by atoms with Gasteiger partial charge in [-0.15, -0.1) is 0 Å². The fraction of sp³-hybridized carbons (Fsp3) is 0.387. The van der Waals surface area contributed by atoms with Gasteiger partial charge in [0.1, 0.15) is 11.5 Å². The lowest BCUT2D eigenvalue weighted by Gasteiger charge is -2.29. The van der Waals surface area contributed by atoms with E-state index >= 15 is 0 Å². The molecule has 2 aromatic rings. The molecule has 10 heteroatoms. The highest BCUT2D eigenvalue weighted by Gasteiger charge is 2.37. The monoisotopic (exact) mass is 574 g/mol. The van der Waals surface area contributed by atoms with Gasteiger partial charge in [-0.05, 0) is 66.8 Å². The van der Waals surface area contributed by atoms with Gasteiger partial charge in [0, 0.05) is 12.2 Å². The van der Waals surface area contributed by atoms with Gasteiger partial charge in [-0.1, -0.05) is 51.0 Å². The molecule has 2 aromatic carbocycles. The third-order valence-corrected chi connectivity index (χ3v) is 6.04. The second kappa shape index (κ2) is 20.7. The van der Waals surface area contributed by atoms with Crippen LogP contribution in [0.1, 0.15) is 57.1 Å². The highest BCUT2D eigenvalue weighted by Crippen LogP contribution is 2.34. The van der Waals surface area contributed by atoms with Gasteiger partial charge >= 0.3 is 17.9 Å². The summed E-state index contributed by atoms with van der Waals surface area (Å²) >= 11 is 0. The Balaban J connectivity index is 0.000000587. The molecular formula is C31H42O10. The van der Waals surface area contributed by atoms with Gasteiger partial charge < -0.3 is 35.0 Å². The second-order valence-electron chi connectivity index (χ2n) is 8.97. The Kier molecular flexibility index (Phi) is 18.6. The standard InChI is InChI=1S/C11H22O4.2C10H10O3/c1-3-5-6-11(4-2,10(14)15)7-9(13)8-12;2*1-13-9-5-2-8(3-6-9)4-7-10(11)12/h9,12-13H,3-8H2,1-2H3,(H,14,15);2*2-7H,1H3,(H,11,12). The molecule has 0 aliphatic heterocycles. The van der Waals surface area contributed by atoms with Crippen LogP contribution in [-0.4, -0.2) is 70.4 Å². The van der Waals surface area contributed by atoms with E-state index in [1.807, 2.05) is 13.8 Å². The van der Waals surface area contributed by atoms with Crippen molar-refractivity contribution in [1.29, 1.82) is 0 Å². The lowest BCUT2D eigenvalue weighted by molar-refractivity contribution is -0.152. The maximum atomic E-state index is 11.2. The summed E-state index contributed by atoms with van der Waals surface area (Å²) in [6.07, 6.45) is 7.27. The molecule has 0 amide bonds. The molecule has 0 aliphatic carbocycles. The molecule has 2 atom stereocenters. The predicted molar refractivity (Wildman–Crippen MR) is 157 cm³/mol. The number of carbonyl (C=O) groups is 3. The number of hydrogen-bond donors (Lipinski definition) is 5. The van der Waals surface area contributed by atoms with Crippen LogP contribution >= 0.6 is 0 Å². The smallest absolute Gasteiger partial charge is 0.328 e. The quantitative estimate of drug-likeness (QED) is 0.194. The number of aliphatic hydroxyl groups is 2. The minimum Gasteiger partial charge on any atom is -0.497 e. The Morgan fingerprint density at radius 2 is 1.22 bits per heavy atom. The van der Waals surface area contributed by atoms with Crippen LogP contribution in [0.25, 0.3) is 12.2 Å². The fourth-order valence-electron chi connectivity index (χ4n) is 3.56. The fourth-order valence-corrected chi connectivity index (χ4v) is 3.56. The molecule has 0 radical (unpaired) electrons. The minimum atomic E-state index is -0.948. The van der Waals surface area contributed by atoms with Crippen LogP contribution < -0.4 is 9.47 Å². The van der Waals surface area contributed by atoms with Gasteiger partial charge in [0.15, 0.2) is 0 Å². The number of aliphatic carboxylic acids is 3. The highest BCUT2D eigenvalue weighted by molar-refractivity contribution is 5.85. The Hall–Kier alpha value is -4.15. The summed E-state index contributed by atoms with van der Waals surface area (Å²) in [5, 5.41) is 44.0. The van der Waals surface area contributed by atoms with Crippen molar-refractivity contribution in [2.24, 2.45) is 5.41 Å². The summed E-state index contributed by atoms with van der Waals surface area (Å²) in [6.45, 7) is 3.44. The predicted octanol–water partition coefficient (Wildman–Crippen LogP) is 4.99. The number of benzene rings is 2. The minimum absolute atomic E-state index is 0.134. The summed E-state index contributed by atoms with van der Waals surface area (Å²) in [7, 11) is 3.17. The first kappa shape index (κ1) is 36.8. The van der Waals surface area contributed by atoms with Crippen LogP contribution in [0.2, 0.25) is 0 Å². The molecule has 2 rings (SSSR count). The third kappa shape index (κ3) is 15.9.